The number of anilines is 1. The van der Waals surface area contributed by atoms with Crippen molar-refractivity contribution in [1.29, 1.82) is 0 Å². The zero-order chi connectivity index (χ0) is 39.5. The minimum atomic E-state index is -4.50. The number of para-hydroxylation sites is 1. The molecule has 1 saturated carbocycles. The van der Waals surface area contributed by atoms with Gasteiger partial charge in [-0.05, 0) is 76.1 Å². The van der Waals surface area contributed by atoms with Crippen molar-refractivity contribution in [2.75, 3.05) is 38.1 Å². The second kappa shape index (κ2) is 14.8. The number of carbonyl (C=O) groups excluding carboxylic acids is 3. The van der Waals surface area contributed by atoms with Gasteiger partial charge in [0.2, 0.25) is 21.8 Å². The Hall–Kier alpha value is -5.01. The van der Waals surface area contributed by atoms with Crippen molar-refractivity contribution >= 4 is 50.1 Å². The van der Waals surface area contributed by atoms with Crippen LogP contribution >= 0.6 is 0 Å². The van der Waals surface area contributed by atoms with Gasteiger partial charge >= 0.3 is 5.69 Å². The number of aryl methyl sites for hydroxylation is 1. The van der Waals surface area contributed by atoms with Gasteiger partial charge in [0.15, 0.2) is 5.65 Å². The number of rotatable bonds is 9. The quantitative estimate of drug-likeness (QED) is 0.240. The first-order chi connectivity index (χ1) is 26.8. The summed E-state index contributed by atoms with van der Waals surface area (Å²) in [5.41, 5.74) is 1.97. The number of piperidine rings is 2. The number of alkyl halides is 2. The Kier molecular flexibility index (Phi) is 10.0. The largest absolute Gasteiger partial charge is 0.370 e. The number of nitrogens with zero attached hydrogens (tertiary/aromatic N) is 8. The van der Waals surface area contributed by atoms with Gasteiger partial charge < -0.3 is 15.1 Å². The predicted octanol–water partition coefficient (Wildman–Crippen LogP) is 2.37. The number of hydrogen-bond acceptors (Lipinski definition) is 10. The summed E-state index contributed by atoms with van der Waals surface area (Å²) < 4.78 is 61.1. The van der Waals surface area contributed by atoms with Gasteiger partial charge in [-0.25, -0.2) is 31.5 Å². The molecule has 0 radical (unpaired) electrons. The molecule has 0 spiro atoms. The van der Waals surface area contributed by atoms with Gasteiger partial charge in [0.25, 0.3) is 12.3 Å². The third-order valence-electron chi connectivity index (χ3n) is 12.0. The molecule has 0 bridgehead atoms. The lowest BCUT2D eigenvalue weighted by atomic mass is 9.85. The first-order valence-corrected chi connectivity index (χ1v) is 20.4. The topological polar surface area (TPSA) is 176 Å². The van der Waals surface area contributed by atoms with E-state index in [-0.39, 0.29) is 47.9 Å². The number of sulfonamides is 1. The highest BCUT2D eigenvalue weighted by atomic mass is 32.2. The van der Waals surface area contributed by atoms with Gasteiger partial charge in [-0.15, -0.1) is 0 Å². The van der Waals surface area contributed by atoms with E-state index in [1.54, 1.807) is 23.9 Å². The van der Waals surface area contributed by atoms with E-state index in [0.717, 1.165) is 60.8 Å². The number of allylic oxidation sites excluding steroid dienone is 1. The normalized spacial score (nSPS) is 23.9. The third kappa shape index (κ3) is 6.68. The number of aromatic nitrogens is 5. The molecule has 4 aliphatic rings. The molecule has 6 heterocycles. The highest BCUT2D eigenvalue weighted by Crippen LogP contribution is 2.38. The van der Waals surface area contributed by atoms with Crippen LogP contribution in [0.3, 0.4) is 0 Å². The van der Waals surface area contributed by atoms with E-state index in [2.05, 4.69) is 37.6 Å². The second-order valence-corrected chi connectivity index (χ2v) is 17.1. The molecule has 8 rings (SSSR count). The summed E-state index contributed by atoms with van der Waals surface area (Å²) in [6, 6.07) is 6.45. The smallest absolute Gasteiger partial charge is 0.329 e. The molecular weight excluding hydrogens is 751 g/mol. The van der Waals surface area contributed by atoms with Crippen LogP contribution in [0.1, 0.15) is 67.8 Å². The lowest BCUT2D eigenvalue weighted by Crippen LogP contribution is -2.46. The molecule has 1 aromatic carbocycles. The lowest BCUT2D eigenvalue weighted by molar-refractivity contribution is -0.135. The maximum absolute atomic E-state index is 14.3. The zero-order valence-electron chi connectivity index (χ0n) is 31.1. The number of nitrogens with one attached hydrogen (secondary N) is 2. The molecule has 1 atom stereocenters. The van der Waals surface area contributed by atoms with Crippen LogP contribution in [-0.2, 0) is 26.7 Å². The molecule has 19 heteroatoms. The molecule has 56 heavy (non-hydrogen) atoms. The number of benzene rings is 1. The van der Waals surface area contributed by atoms with Gasteiger partial charge in [-0.2, -0.15) is 9.40 Å². The summed E-state index contributed by atoms with van der Waals surface area (Å²) in [5.74, 6) is -1.25. The fourth-order valence-corrected chi connectivity index (χ4v) is 10.9. The van der Waals surface area contributed by atoms with E-state index in [9.17, 15) is 36.4 Å². The van der Waals surface area contributed by atoms with Gasteiger partial charge in [0.1, 0.15) is 16.5 Å². The monoisotopic (exact) mass is 794 g/mol. The Morgan fingerprint density at radius 3 is 2.52 bits per heavy atom. The SMILES string of the molecule is CN(CC1CCC(N2CC(NC(=O)c3cnn4cccnc34)=C(C(F)F)S2(=O)=O)CC1)C1CCN(c2cccc3c2n(C)c(=O)n3C2CCC(=O)NC2=O)CC1. The van der Waals surface area contributed by atoms with Crippen LogP contribution in [0, 0.1) is 5.92 Å². The average Bonchev–Trinajstić information content (AvgIpc) is 3.81. The van der Waals surface area contributed by atoms with Crippen molar-refractivity contribution in [1.82, 2.24) is 43.6 Å². The summed E-state index contributed by atoms with van der Waals surface area (Å²) in [6.07, 6.45) is 5.76. The first kappa shape index (κ1) is 37.9. The van der Waals surface area contributed by atoms with Crippen LogP contribution in [-0.4, -0.2) is 111 Å². The fourth-order valence-electron chi connectivity index (χ4n) is 9.09. The summed E-state index contributed by atoms with van der Waals surface area (Å²) in [5, 5.41) is 8.86. The number of halogens is 2. The molecule has 16 nitrogen and oxygen atoms in total. The molecule has 4 aromatic rings. The van der Waals surface area contributed by atoms with E-state index in [4.69, 9.17) is 0 Å². The Morgan fingerprint density at radius 2 is 1.80 bits per heavy atom. The van der Waals surface area contributed by atoms with Crippen LogP contribution < -0.4 is 21.2 Å². The summed E-state index contributed by atoms with van der Waals surface area (Å²) in [7, 11) is -0.687. The molecule has 3 fully saturated rings. The third-order valence-corrected chi connectivity index (χ3v) is 14.0. The number of hydrogen-bond donors (Lipinski definition) is 2. The minimum absolute atomic E-state index is 0.0453. The highest BCUT2D eigenvalue weighted by Gasteiger charge is 2.46. The Morgan fingerprint density at radius 1 is 1.05 bits per heavy atom. The average molecular weight is 795 g/mol. The molecule has 2 saturated heterocycles. The number of fused-ring (bicyclic) bond motifs is 2. The van der Waals surface area contributed by atoms with Gasteiger partial charge in [0.05, 0.1) is 35.2 Å². The highest BCUT2D eigenvalue weighted by molar-refractivity contribution is 7.93. The van der Waals surface area contributed by atoms with Crippen LogP contribution in [0.4, 0.5) is 14.5 Å². The van der Waals surface area contributed by atoms with Crippen LogP contribution in [0.5, 0.6) is 0 Å². The second-order valence-electron chi connectivity index (χ2n) is 15.2. The van der Waals surface area contributed by atoms with Crippen molar-refractivity contribution in [2.45, 2.75) is 75.9 Å². The number of carbonyl (C=O) groups is 3. The van der Waals surface area contributed by atoms with Crippen LogP contribution in [0.2, 0.25) is 0 Å². The van der Waals surface area contributed by atoms with Crippen molar-refractivity contribution in [3.05, 3.63) is 69.5 Å². The van der Waals surface area contributed by atoms with E-state index in [1.165, 1.54) is 21.5 Å². The summed E-state index contributed by atoms with van der Waals surface area (Å²) in [4.78, 5) is 58.7. The molecule has 1 aliphatic carbocycles. The predicted molar refractivity (Wildman–Crippen MR) is 201 cm³/mol. The van der Waals surface area contributed by atoms with E-state index in [1.807, 2.05) is 18.2 Å². The molecule has 3 amide bonds. The van der Waals surface area contributed by atoms with Gasteiger partial charge in [-0.1, -0.05) is 6.07 Å². The first-order valence-electron chi connectivity index (χ1n) is 18.9. The molecule has 3 aromatic heterocycles. The molecule has 298 valence electrons. The lowest BCUT2D eigenvalue weighted by Gasteiger charge is -2.40. The number of amides is 3. The maximum Gasteiger partial charge on any atom is 0.329 e. The van der Waals surface area contributed by atoms with Crippen LogP contribution in [0.25, 0.3) is 16.7 Å². The Bertz CT molecular complexity index is 2410. The molecular formula is C37H44F2N10O6S. The van der Waals surface area contributed by atoms with Gasteiger partial charge in [0, 0.05) is 57.6 Å². The number of imide groups is 1. The fraction of sp³-hybridized carbons (Fsp3) is 0.514. The summed E-state index contributed by atoms with van der Waals surface area (Å²) in [6.45, 7) is 2.01. The van der Waals surface area contributed by atoms with Crippen molar-refractivity contribution in [2.24, 2.45) is 13.0 Å². The van der Waals surface area contributed by atoms with Crippen molar-refractivity contribution < 1.29 is 31.6 Å². The Labute approximate surface area is 321 Å². The minimum Gasteiger partial charge on any atom is -0.370 e. The van der Waals surface area contributed by atoms with E-state index >= 15 is 0 Å². The maximum atomic E-state index is 14.3. The molecule has 1 unspecified atom stereocenters. The van der Waals surface area contributed by atoms with E-state index < -0.39 is 45.3 Å². The van der Waals surface area contributed by atoms with Crippen molar-refractivity contribution in [3.63, 3.8) is 0 Å². The Balaban J connectivity index is 0.869. The molecule has 2 N–H and O–H groups in total. The number of imidazole rings is 1. The van der Waals surface area contributed by atoms with Crippen LogP contribution in [0.15, 0.2) is 58.3 Å². The summed E-state index contributed by atoms with van der Waals surface area (Å²) >= 11 is 0. The van der Waals surface area contributed by atoms with Gasteiger partial charge in [-0.3, -0.25) is 28.8 Å². The zero-order valence-corrected chi connectivity index (χ0v) is 31.9. The van der Waals surface area contributed by atoms with Crippen molar-refractivity contribution in [3.8, 4) is 0 Å². The standard InChI is InChI=1S/C37H44F2N10O6S/c1-44(23-13-17-46(18-14-23)27-5-3-6-28-31(27)45(2)37(53)49(28)29-11-12-30(50)43-36(29)52)20-22-7-9-24(10-8-22)48-21-26(32(33(38)39)56(48,54)55)42-35(51)25-19-41-47-16-4-15-40-34(25)47/h3-6,15-16,19,22-24,29,33H,7-14,17-18,20-21H2,1-2H3,(H,42,51)(H,43,50,52). The van der Waals surface area contributed by atoms with E-state index in [0.29, 0.717) is 30.3 Å². The molecule has 3 aliphatic heterocycles.